The summed E-state index contributed by atoms with van der Waals surface area (Å²) in [6.45, 7) is 3.32. The number of nitrogens with zero attached hydrogens (tertiary/aromatic N) is 3. The first-order valence-electron chi connectivity index (χ1n) is 12.8. The molecule has 2 fully saturated rings. The molecule has 194 valence electrons. The molecule has 1 unspecified atom stereocenters. The van der Waals surface area contributed by atoms with Crippen LogP contribution in [0, 0.1) is 5.92 Å². The summed E-state index contributed by atoms with van der Waals surface area (Å²) in [5, 5.41) is 6.29. The third-order valence-electron chi connectivity index (χ3n) is 7.77. The number of ether oxygens (including phenoxy) is 4. The number of benzene rings is 1. The molecule has 0 spiro atoms. The maximum atomic E-state index is 5.87. The van der Waals surface area contributed by atoms with E-state index in [1.165, 1.54) is 18.5 Å². The zero-order valence-corrected chi connectivity index (χ0v) is 22.9. The summed E-state index contributed by atoms with van der Waals surface area (Å²) >= 11 is 1.73. The highest BCUT2D eigenvalue weighted by Gasteiger charge is 2.44. The minimum Gasteiger partial charge on any atom is -0.496 e. The van der Waals surface area contributed by atoms with Gasteiger partial charge in [0.2, 0.25) is 0 Å². The second-order valence-corrected chi connectivity index (χ2v) is 10.9. The van der Waals surface area contributed by atoms with Crippen molar-refractivity contribution in [1.29, 1.82) is 0 Å². The van der Waals surface area contributed by atoms with Crippen molar-refractivity contribution in [2.24, 2.45) is 5.92 Å². The maximum absolute atomic E-state index is 5.87. The molecule has 3 heterocycles. The lowest BCUT2D eigenvalue weighted by atomic mass is 10.0. The molecule has 1 saturated carbocycles. The Balaban J connectivity index is 1.72. The first kappa shape index (κ1) is 25.4. The number of methoxy groups -OCH3 is 3. The molecular formula is C28H38N3O4S+. The lowest BCUT2D eigenvalue weighted by Crippen LogP contribution is -2.56. The molecule has 0 N–H and O–H groups in total. The first-order chi connectivity index (χ1) is 17.5. The van der Waals surface area contributed by atoms with Crippen LogP contribution in [0.3, 0.4) is 0 Å². The number of quaternary nitrogens is 1. The Kier molecular flexibility index (Phi) is 7.49. The standard InChI is InChI=1S/C28H38N3O4S/c1-31(17-19-9-10-19,21-11-13-35-14-12-21)27-23-8-6-7-22(30(23)29-28(27)36-5)26-24(33-3)15-20(18-32-2)16-25(26)34-4/h6-8,15-16,19,21H,9-14,17-18H2,1-5H3/q+1. The van der Waals surface area contributed by atoms with Crippen LogP contribution in [0.5, 0.6) is 11.5 Å². The van der Waals surface area contributed by atoms with Crippen molar-refractivity contribution in [3.63, 3.8) is 0 Å². The molecule has 1 saturated heterocycles. The van der Waals surface area contributed by atoms with Gasteiger partial charge in [0.25, 0.3) is 0 Å². The number of thioether (sulfide) groups is 1. The highest BCUT2D eigenvalue weighted by atomic mass is 32.2. The van der Waals surface area contributed by atoms with Crippen LogP contribution >= 0.6 is 11.8 Å². The Morgan fingerprint density at radius 2 is 1.75 bits per heavy atom. The Labute approximate surface area is 218 Å². The van der Waals surface area contributed by atoms with Gasteiger partial charge in [-0.2, -0.15) is 5.10 Å². The van der Waals surface area contributed by atoms with Gasteiger partial charge in [-0.05, 0) is 48.9 Å². The fourth-order valence-electron chi connectivity index (χ4n) is 5.83. The topological polar surface area (TPSA) is 54.2 Å². The Bertz CT molecular complexity index is 1190. The molecule has 0 radical (unpaired) electrons. The van der Waals surface area contributed by atoms with Gasteiger partial charge in [-0.25, -0.2) is 4.52 Å². The predicted octanol–water partition coefficient (Wildman–Crippen LogP) is 5.41. The van der Waals surface area contributed by atoms with Crippen molar-refractivity contribution in [1.82, 2.24) is 14.1 Å². The Hall–Kier alpha value is -2.26. The van der Waals surface area contributed by atoms with Crippen molar-refractivity contribution in [2.75, 3.05) is 54.4 Å². The first-order valence-corrected chi connectivity index (χ1v) is 14.0. The number of hydrogen-bond acceptors (Lipinski definition) is 6. The van der Waals surface area contributed by atoms with E-state index in [4.69, 9.17) is 24.0 Å². The Morgan fingerprint density at radius 1 is 1.06 bits per heavy atom. The van der Waals surface area contributed by atoms with Gasteiger partial charge in [-0.15, -0.1) is 11.8 Å². The third-order valence-corrected chi connectivity index (χ3v) is 8.43. The lowest BCUT2D eigenvalue weighted by molar-refractivity contribution is 0.0432. The fraction of sp³-hybridized carbons (Fsp3) is 0.536. The molecule has 1 aliphatic heterocycles. The van der Waals surface area contributed by atoms with Crippen LogP contribution < -0.4 is 14.0 Å². The van der Waals surface area contributed by atoms with Crippen LogP contribution in [-0.4, -0.2) is 70.0 Å². The summed E-state index contributed by atoms with van der Waals surface area (Å²) in [5.74, 6) is 2.28. The average molecular weight is 513 g/mol. The van der Waals surface area contributed by atoms with Crippen molar-refractivity contribution in [2.45, 2.75) is 43.4 Å². The van der Waals surface area contributed by atoms with Gasteiger partial charge in [0.15, 0.2) is 10.7 Å². The van der Waals surface area contributed by atoms with E-state index >= 15 is 0 Å². The van der Waals surface area contributed by atoms with Crippen molar-refractivity contribution in [3.8, 4) is 22.8 Å². The quantitative estimate of drug-likeness (QED) is 0.267. The molecule has 1 atom stereocenters. The van der Waals surface area contributed by atoms with Gasteiger partial charge < -0.3 is 18.9 Å². The molecule has 1 aliphatic carbocycles. The fourth-order valence-corrected chi connectivity index (χ4v) is 6.50. The second kappa shape index (κ2) is 10.6. The summed E-state index contributed by atoms with van der Waals surface area (Å²) in [6.07, 6.45) is 6.96. The van der Waals surface area contributed by atoms with Crippen LogP contribution in [0.4, 0.5) is 5.69 Å². The molecule has 3 aromatic rings. The highest BCUT2D eigenvalue weighted by molar-refractivity contribution is 7.98. The second-order valence-electron chi connectivity index (χ2n) is 10.1. The molecule has 36 heavy (non-hydrogen) atoms. The van der Waals surface area contributed by atoms with Gasteiger partial charge in [-0.1, -0.05) is 6.07 Å². The zero-order valence-electron chi connectivity index (χ0n) is 22.1. The van der Waals surface area contributed by atoms with E-state index in [9.17, 15) is 0 Å². The van der Waals surface area contributed by atoms with Gasteiger partial charge in [-0.3, -0.25) is 4.48 Å². The molecule has 7 nitrogen and oxygen atoms in total. The van der Waals surface area contributed by atoms with Crippen LogP contribution in [0.15, 0.2) is 35.4 Å². The van der Waals surface area contributed by atoms with E-state index in [1.807, 2.05) is 12.1 Å². The van der Waals surface area contributed by atoms with Crippen molar-refractivity contribution < 1.29 is 18.9 Å². The molecule has 5 rings (SSSR count). The monoisotopic (exact) mass is 512 g/mol. The van der Waals surface area contributed by atoms with E-state index in [2.05, 4.69) is 36.0 Å². The summed E-state index contributed by atoms with van der Waals surface area (Å²) < 4.78 is 25.9. The minimum absolute atomic E-state index is 0.488. The van der Waals surface area contributed by atoms with E-state index in [0.717, 1.165) is 81.9 Å². The van der Waals surface area contributed by atoms with Crippen molar-refractivity contribution >= 4 is 23.0 Å². The molecule has 0 amide bonds. The number of aromatic nitrogens is 2. The minimum atomic E-state index is 0.488. The molecule has 0 bridgehead atoms. The van der Waals surface area contributed by atoms with Crippen molar-refractivity contribution in [3.05, 3.63) is 35.9 Å². The molecule has 1 aromatic carbocycles. The summed E-state index contributed by atoms with van der Waals surface area (Å²) in [7, 11) is 7.52. The number of pyridine rings is 1. The van der Waals surface area contributed by atoms with E-state index in [0.29, 0.717) is 12.6 Å². The Morgan fingerprint density at radius 3 is 2.33 bits per heavy atom. The van der Waals surface area contributed by atoms with E-state index in [1.54, 1.807) is 33.1 Å². The van der Waals surface area contributed by atoms with Crippen LogP contribution in [-0.2, 0) is 16.1 Å². The number of rotatable bonds is 10. The average Bonchev–Trinajstić information content (AvgIpc) is 3.63. The van der Waals surface area contributed by atoms with Gasteiger partial charge in [0.1, 0.15) is 17.0 Å². The van der Waals surface area contributed by atoms with Crippen LogP contribution in [0.1, 0.15) is 31.2 Å². The zero-order chi connectivity index (χ0) is 25.3. The van der Waals surface area contributed by atoms with Crippen LogP contribution in [0.2, 0.25) is 0 Å². The lowest BCUT2D eigenvalue weighted by Gasteiger charge is -2.43. The third kappa shape index (κ3) is 4.60. The van der Waals surface area contributed by atoms with Crippen LogP contribution in [0.25, 0.3) is 16.8 Å². The highest BCUT2D eigenvalue weighted by Crippen LogP contribution is 2.46. The molecule has 2 aliphatic rings. The molecule has 8 heteroatoms. The van der Waals surface area contributed by atoms with E-state index < -0.39 is 0 Å². The number of hydrogen-bond donors (Lipinski definition) is 0. The molecular weight excluding hydrogens is 474 g/mol. The summed E-state index contributed by atoms with van der Waals surface area (Å²) in [4.78, 5) is 0. The predicted molar refractivity (Wildman–Crippen MR) is 145 cm³/mol. The summed E-state index contributed by atoms with van der Waals surface area (Å²) in [6, 6.07) is 11.0. The van der Waals surface area contributed by atoms with Gasteiger partial charge >= 0.3 is 0 Å². The maximum Gasteiger partial charge on any atom is 0.193 e. The number of fused-ring (bicyclic) bond motifs is 1. The smallest absolute Gasteiger partial charge is 0.193 e. The largest absolute Gasteiger partial charge is 0.496 e. The van der Waals surface area contributed by atoms with Gasteiger partial charge in [0, 0.05) is 25.9 Å². The SMILES string of the molecule is COCc1cc(OC)c(-c2cccc3c([N+](C)(CC4CC4)C4CCOCC4)c(SC)nn23)c(OC)c1. The summed E-state index contributed by atoms with van der Waals surface area (Å²) in [5.41, 5.74) is 5.33. The normalized spacial score (nSPS) is 18.4. The van der Waals surface area contributed by atoms with E-state index in [-0.39, 0.29) is 0 Å². The molecule has 2 aromatic heterocycles. The van der Waals surface area contributed by atoms with Gasteiger partial charge in [0.05, 0.1) is 64.9 Å².